The van der Waals surface area contributed by atoms with Gasteiger partial charge < -0.3 is 9.64 Å². The van der Waals surface area contributed by atoms with Crippen LogP contribution in [0.2, 0.25) is 0 Å². The van der Waals surface area contributed by atoms with Gasteiger partial charge in [-0.1, -0.05) is 0 Å². The van der Waals surface area contributed by atoms with Gasteiger partial charge in [0.2, 0.25) is 0 Å². The molecular weight excluding hydrogens is 154 g/mol. The third kappa shape index (κ3) is 1.49. The molecule has 0 saturated heterocycles. The average Bonchev–Trinajstić information content (AvgIpc) is 2.28. The van der Waals surface area contributed by atoms with Gasteiger partial charge in [-0.05, 0) is 19.9 Å². The third-order valence-electron chi connectivity index (χ3n) is 1.88. The van der Waals surface area contributed by atoms with Gasteiger partial charge in [0, 0.05) is 19.8 Å². The minimum absolute atomic E-state index is 0.251. The van der Waals surface area contributed by atoms with Crippen LogP contribution in [-0.4, -0.2) is 25.0 Å². The van der Waals surface area contributed by atoms with E-state index in [4.69, 9.17) is 4.74 Å². The standard InChI is InChI=1S/C9H13NO2/c1-6-5-8(9(11)12-6)7(2)10(3)4/h5H,1-4H3. The summed E-state index contributed by atoms with van der Waals surface area (Å²) in [6.45, 7) is 3.67. The number of carbonyl (C=O) groups is 1. The van der Waals surface area contributed by atoms with Crippen molar-refractivity contribution in [3.8, 4) is 0 Å². The van der Waals surface area contributed by atoms with Crippen LogP contribution in [0.15, 0.2) is 23.1 Å². The van der Waals surface area contributed by atoms with Crippen LogP contribution in [0.5, 0.6) is 0 Å². The average molecular weight is 167 g/mol. The number of allylic oxidation sites excluding steroid dienone is 2. The zero-order valence-corrected chi connectivity index (χ0v) is 7.84. The third-order valence-corrected chi connectivity index (χ3v) is 1.88. The second-order valence-corrected chi connectivity index (χ2v) is 3.04. The molecule has 0 saturated carbocycles. The van der Waals surface area contributed by atoms with Gasteiger partial charge >= 0.3 is 5.97 Å². The van der Waals surface area contributed by atoms with Crippen molar-refractivity contribution in [1.29, 1.82) is 0 Å². The molecule has 0 aromatic rings. The number of carbonyl (C=O) groups excluding carboxylic acids is 1. The highest BCUT2D eigenvalue weighted by Crippen LogP contribution is 2.20. The Hall–Kier alpha value is -1.25. The Labute approximate surface area is 72.3 Å². The highest BCUT2D eigenvalue weighted by molar-refractivity contribution is 5.95. The fraction of sp³-hybridized carbons (Fsp3) is 0.444. The first kappa shape index (κ1) is 8.84. The fourth-order valence-electron chi connectivity index (χ4n) is 0.986. The summed E-state index contributed by atoms with van der Waals surface area (Å²) in [5, 5.41) is 0. The predicted molar refractivity (Wildman–Crippen MR) is 46.2 cm³/mol. The topological polar surface area (TPSA) is 29.5 Å². The second-order valence-electron chi connectivity index (χ2n) is 3.04. The molecule has 0 unspecified atom stereocenters. The second kappa shape index (κ2) is 3.01. The molecule has 0 bridgehead atoms. The monoisotopic (exact) mass is 167 g/mol. The Bertz CT molecular complexity index is 274. The van der Waals surface area contributed by atoms with E-state index < -0.39 is 0 Å². The Morgan fingerprint density at radius 1 is 1.50 bits per heavy atom. The smallest absolute Gasteiger partial charge is 0.345 e. The zero-order valence-electron chi connectivity index (χ0n) is 7.84. The maximum absolute atomic E-state index is 11.2. The molecule has 0 amide bonds. The van der Waals surface area contributed by atoms with E-state index in [0.717, 1.165) is 5.70 Å². The summed E-state index contributed by atoms with van der Waals surface area (Å²) in [7, 11) is 3.80. The van der Waals surface area contributed by atoms with Gasteiger partial charge in [-0.15, -0.1) is 0 Å². The molecule has 0 spiro atoms. The van der Waals surface area contributed by atoms with Crippen LogP contribution in [-0.2, 0) is 9.53 Å². The molecule has 0 radical (unpaired) electrons. The summed E-state index contributed by atoms with van der Waals surface area (Å²) in [4.78, 5) is 13.1. The first-order valence-electron chi connectivity index (χ1n) is 3.81. The predicted octanol–water partition coefficient (Wildman–Crippen LogP) is 1.28. The Kier molecular flexibility index (Phi) is 2.22. The van der Waals surface area contributed by atoms with E-state index in [2.05, 4.69) is 0 Å². The van der Waals surface area contributed by atoms with Crippen molar-refractivity contribution in [3.05, 3.63) is 23.1 Å². The van der Waals surface area contributed by atoms with E-state index >= 15 is 0 Å². The minimum Gasteiger partial charge on any atom is -0.428 e. The van der Waals surface area contributed by atoms with Crippen LogP contribution < -0.4 is 0 Å². The molecule has 3 nitrogen and oxygen atoms in total. The summed E-state index contributed by atoms with van der Waals surface area (Å²) >= 11 is 0. The molecule has 0 aromatic heterocycles. The molecule has 0 aliphatic carbocycles. The van der Waals surface area contributed by atoms with Crippen molar-refractivity contribution in [2.45, 2.75) is 13.8 Å². The number of esters is 1. The molecule has 1 aliphatic heterocycles. The van der Waals surface area contributed by atoms with Gasteiger partial charge in [0.25, 0.3) is 0 Å². The van der Waals surface area contributed by atoms with Crippen molar-refractivity contribution < 1.29 is 9.53 Å². The van der Waals surface area contributed by atoms with Gasteiger partial charge in [-0.3, -0.25) is 0 Å². The lowest BCUT2D eigenvalue weighted by Gasteiger charge is -2.13. The van der Waals surface area contributed by atoms with Crippen LogP contribution in [0.4, 0.5) is 0 Å². The molecule has 1 rings (SSSR count). The molecule has 0 aromatic carbocycles. The van der Waals surface area contributed by atoms with E-state index in [0.29, 0.717) is 11.3 Å². The van der Waals surface area contributed by atoms with Crippen LogP contribution in [0, 0.1) is 0 Å². The highest BCUT2D eigenvalue weighted by atomic mass is 16.5. The van der Waals surface area contributed by atoms with E-state index in [9.17, 15) is 4.79 Å². The van der Waals surface area contributed by atoms with Gasteiger partial charge in [-0.2, -0.15) is 0 Å². The molecule has 66 valence electrons. The van der Waals surface area contributed by atoms with Crippen molar-refractivity contribution in [3.63, 3.8) is 0 Å². The normalized spacial score (nSPS) is 20.3. The fourth-order valence-corrected chi connectivity index (χ4v) is 0.986. The van der Waals surface area contributed by atoms with Gasteiger partial charge in [-0.25, -0.2) is 4.79 Å². The van der Waals surface area contributed by atoms with E-state index in [1.165, 1.54) is 0 Å². The first-order valence-corrected chi connectivity index (χ1v) is 3.81. The molecule has 12 heavy (non-hydrogen) atoms. The maximum atomic E-state index is 11.2. The molecule has 0 fully saturated rings. The summed E-state index contributed by atoms with van der Waals surface area (Å²) < 4.78 is 4.88. The van der Waals surface area contributed by atoms with Gasteiger partial charge in [0.15, 0.2) is 0 Å². The number of cyclic esters (lactones) is 1. The molecule has 1 aliphatic rings. The number of hydrogen-bond donors (Lipinski definition) is 0. The van der Waals surface area contributed by atoms with Gasteiger partial charge in [0.05, 0.1) is 5.57 Å². The zero-order chi connectivity index (χ0) is 9.30. The highest BCUT2D eigenvalue weighted by Gasteiger charge is 2.20. The first-order chi connectivity index (χ1) is 5.52. The number of rotatable bonds is 1. The van der Waals surface area contributed by atoms with Gasteiger partial charge in [0.1, 0.15) is 5.76 Å². The van der Waals surface area contributed by atoms with Crippen LogP contribution >= 0.6 is 0 Å². The molecular formula is C9H13NO2. The van der Waals surface area contributed by atoms with Crippen molar-refractivity contribution in [2.75, 3.05) is 14.1 Å². The Morgan fingerprint density at radius 2 is 2.08 bits per heavy atom. The lowest BCUT2D eigenvalue weighted by molar-refractivity contribution is -0.133. The largest absolute Gasteiger partial charge is 0.428 e. The Morgan fingerprint density at radius 3 is 2.42 bits per heavy atom. The summed E-state index contributed by atoms with van der Waals surface area (Å²) in [6, 6.07) is 0. The molecule has 0 N–H and O–H groups in total. The summed E-state index contributed by atoms with van der Waals surface area (Å²) in [5.74, 6) is 0.412. The lowest BCUT2D eigenvalue weighted by atomic mass is 10.2. The Balaban J connectivity index is 3.02. The lowest BCUT2D eigenvalue weighted by Crippen LogP contribution is -2.13. The quantitative estimate of drug-likeness (QED) is 0.435. The number of ether oxygens (including phenoxy) is 1. The van der Waals surface area contributed by atoms with E-state index in [1.807, 2.05) is 25.9 Å². The van der Waals surface area contributed by atoms with Crippen molar-refractivity contribution in [2.24, 2.45) is 0 Å². The van der Waals surface area contributed by atoms with Crippen LogP contribution in [0.1, 0.15) is 13.8 Å². The van der Waals surface area contributed by atoms with Crippen molar-refractivity contribution >= 4 is 5.97 Å². The van der Waals surface area contributed by atoms with Crippen LogP contribution in [0.3, 0.4) is 0 Å². The molecule has 3 heteroatoms. The van der Waals surface area contributed by atoms with E-state index in [-0.39, 0.29) is 5.97 Å². The summed E-state index contributed by atoms with van der Waals surface area (Å²) in [6.07, 6.45) is 1.76. The van der Waals surface area contributed by atoms with E-state index in [1.54, 1.807) is 13.0 Å². The number of nitrogens with zero attached hydrogens (tertiary/aromatic N) is 1. The molecule has 1 heterocycles. The van der Waals surface area contributed by atoms with Crippen molar-refractivity contribution in [1.82, 2.24) is 4.90 Å². The minimum atomic E-state index is -0.251. The maximum Gasteiger partial charge on any atom is 0.345 e. The van der Waals surface area contributed by atoms with Crippen LogP contribution in [0.25, 0.3) is 0 Å². The molecule has 0 atom stereocenters. The summed E-state index contributed by atoms with van der Waals surface area (Å²) in [5.41, 5.74) is 1.58. The number of hydrogen-bond acceptors (Lipinski definition) is 3. The SMILES string of the molecule is CC1=CC(=C(C)N(C)C)C(=O)O1.